The molecule has 2 aliphatic rings. The number of carbonyl (C=O) groups excluding carboxylic acids is 2. The average Bonchev–Trinajstić information content (AvgIpc) is 3.89. The Kier molecular flexibility index (Phi) is 14.0. The molecule has 0 bridgehead atoms. The van der Waals surface area contributed by atoms with Crippen molar-refractivity contribution in [3.63, 3.8) is 0 Å². The summed E-state index contributed by atoms with van der Waals surface area (Å²) in [4.78, 5) is 27.4. The largest absolute Gasteiger partial charge is 0.463 e. The number of Topliss-reactive ketones (excluding diaryl/α,β-unsaturated/α-hetero) is 2. The van der Waals surface area contributed by atoms with Gasteiger partial charge >= 0.3 is 0 Å². The molecule has 328 valence electrons. The van der Waals surface area contributed by atoms with Crippen molar-refractivity contribution in [1.82, 2.24) is 0 Å². The summed E-state index contributed by atoms with van der Waals surface area (Å²) in [6.45, 7) is 24.4. The lowest BCUT2D eigenvalue weighted by Crippen LogP contribution is -2.28. The van der Waals surface area contributed by atoms with E-state index in [4.69, 9.17) is 23.8 Å². The highest BCUT2D eigenvalue weighted by atomic mass is 79.9. The molecule has 13 heteroatoms. The molecule has 2 aromatic heterocycles. The third-order valence-corrected chi connectivity index (χ3v) is 12.6. The summed E-state index contributed by atoms with van der Waals surface area (Å²) in [6, 6.07) is 14.5. The second-order valence-electron chi connectivity index (χ2n) is 19.4. The zero-order chi connectivity index (χ0) is 46.4. The van der Waals surface area contributed by atoms with Gasteiger partial charge < -0.3 is 13.6 Å². The van der Waals surface area contributed by atoms with Crippen LogP contribution in [0, 0.1) is 21.7 Å². The van der Waals surface area contributed by atoms with Crippen LogP contribution in [0.2, 0.25) is 0 Å². The second-order valence-corrected chi connectivity index (χ2v) is 22.8. The molecule has 0 fully saturated rings. The van der Waals surface area contributed by atoms with Gasteiger partial charge in [0.05, 0.1) is 12.5 Å². The first kappa shape index (κ1) is 48.2. The van der Waals surface area contributed by atoms with E-state index >= 15 is 0 Å². The van der Waals surface area contributed by atoms with E-state index in [9.17, 15) is 9.59 Å². The SMILES string of the molecule is CC(C)(C)C1=CC(=C(N=Nc2c(Br)cc(Oc3cc(Br)c(N=NC(=C4C=C(C(C)(C)C)C(=O)C(C(C)(C)C)=C4)c4ccco4)c(Br)c3)cc2Br)c2ccco2)C=C(C(C)(C)C)C1=O. The molecule has 0 saturated carbocycles. The molecule has 0 unspecified atom stereocenters. The van der Waals surface area contributed by atoms with Crippen LogP contribution >= 0.6 is 63.7 Å². The van der Waals surface area contributed by atoms with Gasteiger partial charge in [0, 0.05) is 51.3 Å². The fourth-order valence-corrected chi connectivity index (χ4v) is 9.42. The summed E-state index contributed by atoms with van der Waals surface area (Å²) < 4.78 is 20.5. The molecule has 0 saturated heterocycles. The minimum absolute atomic E-state index is 0.0274. The van der Waals surface area contributed by atoms with Crippen LogP contribution in [0.3, 0.4) is 0 Å². The highest BCUT2D eigenvalue weighted by molar-refractivity contribution is 9.11. The van der Waals surface area contributed by atoms with Crippen LogP contribution in [0.15, 0.2) is 166 Å². The van der Waals surface area contributed by atoms with Gasteiger partial charge in [0.25, 0.3) is 0 Å². The van der Waals surface area contributed by atoms with E-state index in [0.717, 1.165) is 11.1 Å². The summed E-state index contributed by atoms with van der Waals surface area (Å²) in [5.41, 5.74) is 4.62. The molecule has 2 aromatic carbocycles. The molecule has 0 atom stereocenters. The molecule has 0 amide bonds. The third kappa shape index (κ3) is 11.0. The van der Waals surface area contributed by atoms with Crippen molar-refractivity contribution >= 4 is 98.1 Å². The fourth-order valence-electron chi connectivity index (χ4n) is 6.81. The standard InChI is InChI=1S/C50H50Br4N4O5/c1-47(2,3)31-19-27(20-32(45(31)59)48(4,5)6)41(39-15-13-17-61-39)55-57-43-35(51)23-29(24-36(43)52)63-30-25-37(53)44(38(54)26-30)58-56-42(40-16-14-18-62-40)28-21-33(49(7,8)9)46(60)34(22-28)50(10,11)12/h13-26H,1-12H3. The molecule has 0 spiro atoms. The van der Waals surface area contributed by atoms with Gasteiger partial charge in [-0.15, -0.1) is 20.5 Å². The van der Waals surface area contributed by atoms with E-state index in [2.05, 4.69) is 73.9 Å². The van der Waals surface area contributed by atoms with Crippen LogP contribution in [0.4, 0.5) is 11.4 Å². The van der Waals surface area contributed by atoms with Crippen molar-refractivity contribution in [2.75, 3.05) is 0 Å². The van der Waals surface area contributed by atoms with Crippen molar-refractivity contribution in [3.8, 4) is 11.5 Å². The zero-order valence-corrected chi connectivity index (χ0v) is 43.8. The highest BCUT2D eigenvalue weighted by Crippen LogP contribution is 2.46. The summed E-state index contributed by atoms with van der Waals surface area (Å²) in [7, 11) is 0. The number of hydrogen-bond donors (Lipinski definition) is 0. The number of nitrogens with zero attached hydrogens (tertiary/aromatic N) is 4. The zero-order valence-electron chi connectivity index (χ0n) is 37.4. The first-order valence-corrected chi connectivity index (χ1v) is 23.4. The number of benzene rings is 2. The van der Waals surface area contributed by atoms with Gasteiger partial charge in [0.15, 0.2) is 23.1 Å². The number of furan rings is 2. The predicted molar refractivity (Wildman–Crippen MR) is 264 cm³/mol. The Morgan fingerprint density at radius 3 is 1.02 bits per heavy atom. The number of hydrogen-bond acceptors (Lipinski definition) is 9. The van der Waals surface area contributed by atoms with Crippen LogP contribution in [-0.2, 0) is 9.59 Å². The first-order chi connectivity index (χ1) is 29.2. The van der Waals surface area contributed by atoms with E-state index in [-0.39, 0.29) is 11.6 Å². The minimum Gasteiger partial charge on any atom is -0.463 e. The number of azo groups is 2. The van der Waals surface area contributed by atoms with Gasteiger partial charge in [0.2, 0.25) is 0 Å². The lowest BCUT2D eigenvalue weighted by Gasteiger charge is -2.31. The summed E-state index contributed by atoms with van der Waals surface area (Å²) in [6.07, 6.45) is 10.8. The molecular formula is C50H50Br4N4O5. The maximum absolute atomic E-state index is 13.7. The van der Waals surface area contributed by atoms with Crippen molar-refractivity contribution in [1.29, 1.82) is 0 Å². The maximum Gasteiger partial charge on any atom is 0.186 e. The number of allylic oxidation sites excluding steroid dienone is 10. The Labute approximate surface area is 403 Å². The van der Waals surface area contributed by atoms with E-state index in [1.165, 1.54) is 0 Å². The number of halogens is 4. The van der Waals surface area contributed by atoms with Crippen LogP contribution < -0.4 is 4.74 Å². The molecule has 63 heavy (non-hydrogen) atoms. The van der Waals surface area contributed by atoms with Crippen molar-refractivity contribution in [3.05, 3.63) is 148 Å². The van der Waals surface area contributed by atoms with Gasteiger partial charge in [-0.05, 0) is 158 Å². The number of ketones is 2. The molecule has 4 aromatic rings. The molecular weight excluding hydrogens is 1060 g/mol. The van der Waals surface area contributed by atoms with Crippen LogP contribution in [0.5, 0.6) is 11.5 Å². The lowest BCUT2D eigenvalue weighted by atomic mass is 9.71. The van der Waals surface area contributed by atoms with Crippen LogP contribution in [0.1, 0.15) is 94.6 Å². The topological polar surface area (TPSA) is 119 Å². The van der Waals surface area contributed by atoms with Gasteiger partial charge in [-0.25, -0.2) is 0 Å². The Morgan fingerprint density at radius 2 is 0.778 bits per heavy atom. The van der Waals surface area contributed by atoms with E-state index < -0.39 is 21.7 Å². The quantitative estimate of drug-likeness (QED) is 0.163. The minimum atomic E-state index is -0.404. The molecule has 0 radical (unpaired) electrons. The Hall–Kier alpha value is -4.30. The molecule has 9 nitrogen and oxygen atoms in total. The normalized spacial score (nSPS) is 15.6. The molecule has 0 N–H and O–H groups in total. The maximum atomic E-state index is 13.7. The van der Waals surface area contributed by atoms with E-state index in [0.29, 0.717) is 86.0 Å². The summed E-state index contributed by atoms with van der Waals surface area (Å²) >= 11 is 14.7. The van der Waals surface area contributed by atoms with E-state index in [1.54, 1.807) is 48.9 Å². The van der Waals surface area contributed by atoms with Crippen molar-refractivity contribution < 1.29 is 23.2 Å². The molecule has 0 aliphatic heterocycles. The molecule has 2 aliphatic carbocycles. The predicted octanol–water partition coefficient (Wildman–Crippen LogP) is 17.8. The van der Waals surface area contributed by atoms with Crippen LogP contribution in [0.25, 0.3) is 11.4 Å². The Bertz CT molecular complexity index is 2430. The molecule has 2 heterocycles. The van der Waals surface area contributed by atoms with Crippen molar-refractivity contribution in [2.24, 2.45) is 42.1 Å². The van der Waals surface area contributed by atoms with Crippen LogP contribution in [-0.4, -0.2) is 11.6 Å². The first-order valence-electron chi connectivity index (χ1n) is 20.3. The Balaban J connectivity index is 1.33. The van der Waals surface area contributed by atoms with Gasteiger partial charge in [-0.2, -0.15) is 0 Å². The fraction of sp³-hybridized carbons (Fsp3) is 0.320. The second kappa shape index (κ2) is 18.3. The molecule has 6 rings (SSSR count). The average molecular weight is 1110 g/mol. The van der Waals surface area contributed by atoms with Gasteiger partial charge in [-0.1, -0.05) is 83.1 Å². The number of ether oxygens (including phenoxy) is 1. The smallest absolute Gasteiger partial charge is 0.186 e. The van der Waals surface area contributed by atoms with Gasteiger partial charge in [-0.3, -0.25) is 9.59 Å². The lowest BCUT2D eigenvalue weighted by molar-refractivity contribution is -0.114. The third-order valence-electron chi connectivity index (χ3n) is 10.2. The monoisotopic (exact) mass is 1100 g/mol. The number of rotatable bonds is 8. The number of carbonyl (C=O) groups is 2. The highest BCUT2D eigenvalue weighted by Gasteiger charge is 2.36. The van der Waals surface area contributed by atoms with Gasteiger partial charge in [0.1, 0.15) is 34.3 Å². The summed E-state index contributed by atoms with van der Waals surface area (Å²) in [5, 5.41) is 18.8. The van der Waals surface area contributed by atoms with E-state index in [1.807, 2.05) is 120 Å². The van der Waals surface area contributed by atoms with Crippen molar-refractivity contribution in [2.45, 2.75) is 83.1 Å². The summed E-state index contributed by atoms with van der Waals surface area (Å²) in [5.74, 6) is 2.12. The Morgan fingerprint density at radius 1 is 0.492 bits per heavy atom.